The van der Waals surface area contributed by atoms with E-state index in [1.165, 1.54) is 0 Å². The second kappa shape index (κ2) is 6.66. The lowest BCUT2D eigenvalue weighted by Crippen LogP contribution is -2.28. The molecule has 0 bridgehead atoms. The van der Waals surface area contributed by atoms with Gasteiger partial charge in [0, 0.05) is 6.04 Å². The second-order valence-corrected chi connectivity index (χ2v) is 7.87. The molecule has 0 saturated heterocycles. The minimum atomic E-state index is -3.10. The smallest absolute Gasteiger partial charge is 0.161 e. The third-order valence-electron chi connectivity index (χ3n) is 3.32. The summed E-state index contributed by atoms with van der Waals surface area (Å²) in [5.74, 6) is 1.81. The molecule has 118 valence electrons. The maximum atomic E-state index is 12.2. The van der Waals surface area contributed by atoms with Crippen molar-refractivity contribution >= 4 is 9.84 Å². The Hall–Kier alpha value is -1.27. The van der Waals surface area contributed by atoms with Gasteiger partial charge in [-0.15, -0.1) is 0 Å². The van der Waals surface area contributed by atoms with Crippen LogP contribution in [0.15, 0.2) is 18.2 Å². The molecule has 0 radical (unpaired) electrons. The lowest BCUT2D eigenvalue weighted by Gasteiger charge is -2.22. The van der Waals surface area contributed by atoms with Gasteiger partial charge in [-0.05, 0) is 30.7 Å². The minimum Gasteiger partial charge on any atom is -0.486 e. The summed E-state index contributed by atoms with van der Waals surface area (Å²) in [6.07, 6.45) is 0. The van der Waals surface area contributed by atoms with Gasteiger partial charge in [-0.25, -0.2) is 8.42 Å². The maximum Gasteiger partial charge on any atom is 0.161 e. The molecule has 1 atom stereocenters. The van der Waals surface area contributed by atoms with Gasteiger partial charge in [0.05, 0.1) is 11.5 Å². The number of hydrogen-bond acceptors (Lipinski definition) is 5. The van der Waals surface area contributed by atoms with Crippen LogP contribution in [0.2, 0.25) is 0 Å². The fourth-order valence-corrected chi connectivity index (χ4v) is 4.47. The Labute approximate surface area is 126 Å². The first kappa shape index (κ1) is 16.1. The molecule has 1 aromatic rings. The van der Waals surface area contributed by atoms with E-state index < -0.39 is 9.84 Å². The van der Waals surface area contributed by atoms with Crippen molar-refractivity contribution in [2.24, 2.45) is 5.92 Å². The number of benzene rings is 1. The summed E-state index contributed by atoms with van der Waals surface area (Å²) in [7, 11) is -1.33. The standard InChI is InChI=1S/C15H23NO4S/c1-11(2)9-21(17,18)10-13(16-3)12-4-5-14-15(8-12)20-7-6-19-14/h4-5,8,11,13,16H,6-7,9-10H2,1-3H3. The van der Waals surface area contributed by atoms with E-state index in [1.54, 1.807) is 7.05 Å². The molecular weight excluding hydrogens is 290 g/mol. The number of fused-ring (bicyclic) bond motifs is 1. The third-order valence-corrected chi connectivity index (χ3v) is 5.34. The van der Waals surface area contributed by atoms with Crippen molar-refractivity contribution in [1.29, 1.82) is 0 Å². The number of sulfone groups is 1. The van der Waals surface area contributed by atoms with Crippen molar-refractivity contribution in [2.75, 3.05) is 31.8 Å². The summed E-state index contributed by atoms with van der Waals surface area (Å²) < 4.78 is 35.4. The fraction of sp³-hybridized carbons (Fsp3) is 0.600. The zero-order chi connectivity index (χ0) is 15.5. The molecule has 0 fully saturated rings. The number of hydrogen-bond donors (Lipinski definition) is 1. The second-order valence-electron chi connectivity index (χ2n) is 5.72. The first-order chi connectivity index (χ1) is 9.91. The molecule has 0 aromatic heterocycles. The van der Waals surface area contributed by atoms with Gasteiger partial charge in [-0.3, -0.25) is 0 Å². The molecule has 1 aliphatic heterocycles. The predicted molar refractivity (Wildman–Crippen MR) is 82.7 cm³/mol. The zero-order valence-electron chi connectivity index (χ0n) is 12.8. The summed E-state index contributed by atoms with van der Waals surface area (Å²) in [6, 6.07) is 5.34. The Morgan fingerprint density at radius 3 is 2.43 bits per heavy atom. The van der Waals surface area contributed by atoms with Crippen molar-refractivity contribution in [3.8, 4) is 11.5 Å². The van der Waals surface area contributed by atoms with Crippen LogP contribution < -0.4 is 14.8 Å². The first-order valence-corrected chi connectivity index (χ1v) is 9.00. The largest absolute Gasteiger partial charge is 0.486 e. The highest BCUT2D eigenvalue weighted by Crippen LogP contribution is 2.33. The van der Waals surface area contributed by atoms with Crippen LogP contribution in [0.4, 0.5) is 0 Å². The van der Waals surface area contributed by atoms with E-state index in [-0.39, 0.29) is 23.5 Å². The van der Waals surface area contributed by atoms with Gasteiger partial charge in [0.15, 0.2) is 21.3 Å². The number of ether oxygens (including phenoxy) is 2. The Balaban J connectivity index is 2.18. The average molecular weight is 313 g/mol. The van der Waals surface area contributed by atoms with E-state index in [4.69, 9.17) is 9.47 Å². The number of rotatable bonds is 6. The van der Waals surface area contributed by atoms with Crippen LogP contribution in [0.3, 0.4) is 0 Å². The highest BCUT2D eigenvalue weighted by molar-refractivity contribution is 7.91. The Morgan fingerprint density at radius 1 is 1.14 bits per heavy atom. The SMILES string of the molecule is CNC(CS(=O)(=O)CC(C)C)c1ccc2c(c1)OCCO2. The molecule has 6 heteroatoms. The van der Waals surface area contributed by atoms with Gasteiger partial charge in [-0.2, -0.15) is 0 Å². The predicted octanol–water partition coefficient (Wildman–Crippen LogP) is 1.79. The van der Waals surface area contributed by atoms with Crippen molar-refractivity contribution in [1.82, 2.24) is 5.32 Å². The van der Waals surface area contributed by atoms with E-state index in [2.05, 4.69) is 5.32 Å². The Morgan fingerprint density at radius 2 is 1.81 bits per heavy atom. The van der Waals surface area contributed by atoms with Crippen LogP contribution in [-0.2, 0) is 9.84 Å². The van der Waals surface area contributed by atoms with Gasteiger partial charge < -0.3 is 14.8 Å². The normalized spacial score (nSPS) is 16.0. The average Bonchev–Trinajstić information content (AvgIpc) is 2.43. The molecule has 0 amide bonds. The number of nitrogens with one attached hydrogen (secondary N) is 1. The summed E-state index contributed by atoms with van der Waals surface area (Å²) >= 11 is 0. The first-order valence-electron chi connectivity index (χ1n) is 7.18. The molecule has 21 heavy (non-hydrogen) atoms. The fourth-order valence-electron chi connectivity index (χ4n) is 2.45. The Bertz CT molecular complexity index is 583. The molecule has 0 aliphatic carbocycles. The molecule has 1 N–H and O–H groups in total. The van der Waals surface area contributed by atoms with Crippen molar-refractivity contribution in [2.45, 2.75) is 19.9 Å². The lowest BCUT2D eigenvalue weighted by atomic mass is 10.1. The van der Waals surface area contributed by atoms with Crippen molar-refractivity contribution in [3.63, 3.8) is 0 Å². The van der Waals surface area contributed by atoms with E-state index in [1.807, 2.05) is 32.0 Å². The molecule has 1 aliphatic rings. The summed E-state index contributed by atoms with van der Waals surface area (Å²) in [4.78, 5) is 0. The molecule has 5 nitrogen and oxygen atoms in total. The van der Waals surface area contributed by atoms with E-state index in [0.717, 1.165) is 5.56 Å². The zero-order valence-corrected chi connectivity index (χ0v) is 13.6. The van der Waals surface area contributed by atoms with Gasteiger partial charge in [0.2, 0.25) is 0 Å². The van der Waals surface area contributed by atoms with E-state index in [0.29, 0.717) is 24.7 Å². The van der Waals surface area contributed by atoms with E-state index >= 15 is 0 Å². The van der Waals surface area contributed by atoms with Crippen molar-refractivity contribution < 1.29 is 17.9 Å². The van der Waals surface area contributed by atoms with Gasteiger partial charge >= 0.3 is 0 Å². The van der Waals surface area contributed by atoms with Crippen LogP contribution in [0, 0.1) is 5.92 Å². The van der Waals surface area contributed by atoms with E-state index in [9.17, 15) is 8.42 Å². The molecule has 2 rings (SSSR count). The van der Waals surface area contributed by atoms with Gasteiger partial charge in [-0.1, -0.05) is 19.9 Å². The highest BCUT2D eigenvalue weighted by Gasteiger charge is 2.22. The summed E-state index contributed by atoms with van der Waals surface area (Å²) in [6.45, 7) is 4.89. The summed E-state index contributed by atoms with van der Waals surface area (Å²) in [5.41, 5.74) is 0.897. The van der Waals surface area contributed by atoms with Crippen LogP contribution in [-0.4, -0.2) is 40.2 Å². The van der Waals surface area contributed by atoms with Crippen molar-refractivity contribution in [3.05, 3.63) is 23.8 Å². The summed E-state index contributed by atoms with van der Waals surface area (Å²) in [5, 5.41) is 3.08. The maximum absolute atomic E-state index is 12.2. The van der Waals surface area contributed by atoms with Crippen LogP contribution >= 0.6 is 0 Å². The third kappa shape index (κ3) is 4.35. The minimum absolute atomic E-state index is 0.0846. The van der Waals surface area contributed by atoms with Crippen LogP contribution in [0.25, 0.3) is 0 Å². The molecule has 1 unspecified atom stereocenters. The van der Waals surface area contributed by atoms with Gasteiger partial charge in [0.1, 0.15) is 13.2 Å². The monoisotopic (exact) mass is 313 g/mol. The molecule has 0 saturated carbocycles. The topological polar surface area (TPSA) is 64.6 Å². The molecular formula is C15H23NO4S. The quantitative estimate of drug-likeness (QED) is 0.867. The molecule has 0 spiro atoms. The molecule has 1 aromatic carbocycles. The highest BCUT2D eigenvalue weighted by atomic mass is 32.2. The lowest BCUT2D eigenvalue weighted by molar-refractivity contribution is 0.171. The molecule has 1 heterocycles. The van der Waals surface area contributed by atoms with Crippen LogP contribution in [0.5, 0.6) is 11.5 Å². The van der Waals surface area contributed by atoms with Crippen LogP contribution in [0.1, 0.15) is 25.5 Å². The van der Waals surface area contributed by atoms with Gasteiger partial charge in [0.25, 0.3) is 0 Å². The Kier molecular flexibility index (Phi) is 5.11.